The van der Waals surface area contributed by atoms with Crippen molar-refractivity contribution in [1.82, 2.24) is 14.5 Å². The summed E-state index contributed by atoms with van der Waals surface area (Å²) in [5, 5.41) is 3.11. The molecule has 0 radical (unpaired) electrons. The Kier molecular flexibility index (Phi) is 3.88. The summed E-state index contributed by atoms with van der Waals surface area (Å²) >= 11 is 0. The van der Waals surface area contributed by atoms with Gasteiger partial charge in [0.2, 0.25) is 5.91 Å². The van der Waals surface area contributed by atoms with E-state index < -0.39 is 0 Å². The lowest BCUT2D eigenvalue weighted by atomic mass is 10.0. The highest BCUT2D eigenvalue weighted by Gasteiger charge is 2.38. The standard InChI is InChI=1S/C19H24N4O/c1-13-4-3-5-15(10-13)21-19(24)18-17-16(20-12-22(17)2)8-9-23(18)11-14-6-7-14/h3-5,10,12,14,18H,6-9,11H2,1-2H3,(H,21,24). The van der Waals surface area contributed by atoms with E-state index in [-0.39, 0.29) is 11.9 Å². The molecule has 1 aliphatic heterocycles. The molecule has 0 bridgehead atoms. The summed E-state index contributed by atoms with van der Waals surface area (Å²) in [6.45, 7) is 3.96. The van der Waals surface area contributed by atoms with Crippen LogP contribution in [-0.4, -0.2) is 33.4 Å². The largest absolute Gasteiger partial charge is 0.336 e. The van der Waals surface area contributed by atoms with Gasteiger partial charge in [0.1, 0.15) is 6.04 Å². The number of carbonyl (C=O) groups is 1. The van der Waals surface area contributed by atoms with Crippen LogP contribution in [0.25, 0.3) is 0 Å². The molecule has 5 nitrogen and oxygen atoms in total. The van der Waals surface area contributed by atoms with Gasteiger partial charge in [0, 0.05) is 32.2 Å². The van der Waals surface area contributed by atoms with E-state index in [9.17, 15) is 4.79 Å². The van der Waals surface area contributed by atoms with Crippen molar-refractivity contribution in [3.8, 4) is 0 Å². The highest BCUT2D eigenvalue weighted by molar-refractivity contribution is 5.95. The van der Waals surface area contributed by atoms with Gasteiger partial charge >= 0.3 is 0 Å². The molecule has 24 heavy (non-hydrogen) atoms. The minimum absolute atomic E-state index is 0.0470. The smallest absolute Gasteiger partial charge is 0.247 e. The number of imidazole rings is 1. The van der Waals surface area contributed by atoms with Crippen molar-refractivity contribution in [3.63, 3.8) is 0 Å². The monoisotopic (exact) mass is 324 g/mol. The van der Waals surface area contributed by atoms with Crippen molar-refractivity contribution in [3.05, 3.63) is 47.5 Å². The first-order chi connectivity index (χ1) is 11.6. The van der Waals surface area contributed by atoms with E-state index in [2.05, 4.69) is 15.2 Å². The van der Waals surface area contributed by atoms with E-state index in [0.29, 0.717) is 0 Å². The van der Waals surface area contributed by atoms with Gasteiger partial charge in [-0.3, -0.25) is 9.69 Å². The van der Waals surface area contributed by atoms with Crippen molar-refractivity contribution >= 4 is 11.6 Å². The molecule has 1 aromatic carbocycles. The number of fused-ring (bicyclic) bond motifs is 1. The first-order valence-corrected chi connectivity index (χ1v) is 8.73. The predicted molar refractivity (Wildman–Crippen MR) is 93.8 cm³/mol. The van der Waals surface area contributed by atoms with Gasteiger partial charge in [-0.25, -0.2) is 4.98 Å². The Bertz CT molecular complexity index is 762. The zero-order chi connectivity index (χ0) is 16.7. The third kappa shape index (κ3) is 2.96. The second kappa shape index (κ2) is 6.06. The van der Waals surface area contributed by atoms with Crippen LogP contribution >= 0.6 is 0 Å². The van der Waals surface area contributed by atoms with Gasteiger partial charge in [-0.2, -0.15) is 0 Å². The molecule has 1 unspecified atom stereocenters. The van der Waals surface area contributed by atoms with Crippen LogP contribution in [0.15, 0.2) is 30.6 Å². The maximum absolute atomic E-state index is 13.1. The van der Waals surface area contributed by atoms with E-state index in [1.165, 1.54) is 12.8 Å². The van der Waals surface area contributed by atoms with Crippen LogP contribution in [0.2, 0.25) is 0 Å². The average molecular weight is 324 g/mol. The fourth-order valence-electron chi connectivity index (χ4n) is 3.64. The summed E-state index contributed by atoms with van der Waals surface area (Å²) < 4.78 is 2.01. The molecule has 2 aliphatic rings. The number of aromatic nitrogens is 2. The van der Waals surface area contributed by atoms with E-state index in [1.807, 2.05) is 49.1 Å². The van der Waals surface area contributed by atoms with Crippen molar-refractivity contribution < 1.29 is 4.79 Å². The molecular formula is C19H24N4O. The summed E-state index contributed by atoms with van der Waals surface area (Å²) in [5.74, 6) is 0.805. The Balaban J connectivity index is 1.62. The van der Waals surface area contributed by atoms with Gasteiger partial charge in [-0.1, -0.05) is 12.1 Å². The number of aryl methyl sites for hydroxylation is 2. The summed E-state index contributed by atoms with van der Waals surface area (Å²) in [7, 11) is 1.99. The number of hydrogen-bond donors (Lipinski definition) is 1. The molecule has 1 aromatic heterocycles. The minimum Gasteiger partial charge on any atom is -0.336 e. The van der Waals surface area contributed by atoms with Crippen LogP contribution in [0.3, 0.4) is 0 Å². The molecule has 1 fully saturated rings. The number of amides is 1. The highest BCUT2D eigenvalue weighted by Crippen LogP contribution is 2.36. The summed E-state index contributed by atoms with van der Waals surface area (Å²) in [6, 6.07) is 7.72. The molecule has 1 aliphatic carbocycles. The third-order valence-corrected chi connectivity index (χ3v) is 5.05. The van der Waals surface area contributed by atoms with Gasteiger partial charge in [0.25, 0.3) is 0 Å². The summed E-state index contributed by atoms with van der Waals surface area (Å²) in [6.07, 6.45) is 5.34. The number of hydrogen-bond acceptors (Lipinski definition) is 3. The fourth-order valence-corrected chi connectivity index (χ4v) is 3.64. The molecule has 2 heterocycles. The Labute approximate surface area is 142 Å². The molecule has 0 spiro atoms. The van der Waals surface area contributed by atoms with Crippen LogP contribution in [0.4, 0.5) is 5.69 Å². The van der Waals surface area contributed by atoms with Gasteiger partial charge in [-0.05, 0) is 43.4 Å². The van der Waals surface area contributed by atoms with Gasteiger partial charge in [0.05, 0.1) is 17.7 Å². The zero-order valence-electron chi connectivity index (χ0n) is 14.3. The second-order valence-electron chi connectivity index (χ2n) is 7.14. The van der Waals surface area contributed by atoms with E-state index >= 15 is 0 Å². The maximum atomic E-state index is 13.1. The van der Waals surface area contributed by atoms with E-state index in [0.717, 1.165) is 48.1 Å². The van der Waals surface area contributed by atoms with Crippen LogP contribution in [0.5, 0.6) is 0 Å². The normalized spacial score (nSPS) is 20.7. The highest BCUT2D eigenvalue weighted by atomic mass is 16.2. The Morgan fingerprint density at radius 1 is 1.38 bits per heavy atom. The lowest BCUT2D eigenvalue weighted by Crippen LogP contribution is -2.43. The minimum atomic E-state index is -0.248. The molecule has 126 valence electrons. The first-order valence-electron chi connectivity index (χ1n) is 8.73. The lowest BCUT2D eigenvalue weighted by molar-refractivity contribution is -0.122. The van der Waals surface area contributed by atoms with Crippen molar-refractivity contribution in [2.24, 2.45) is 13.0 Å². The first kappa shape index (κ1) is 15.4. The Morgan fingerprint density at radius 2 is 2.21 bits per heavy atom. The molecule has 0 saturated heterocycles. The number of nitrogens with one attached hydrogen (secondary N) is 1. The maximum Gasteiger partial charge on any atom is 0.247 e. The molecule has 1 atom stereocenters. The van der Waals surface area contributed by atoms with Gasteiger partial charge in [0.15, 0.2) is 0 Å². The van der Waals surface area contributed by atoms with Crippen LogP contribution < -0.4 is 5.32 Å². The molecule has 1 N–H and O–H groups in total. The van der Waals surface area contributed by atoms with Crippen LogP contribution in [0.1, 0.15) is 35.8 Å². The van der Waals surface area contributed by atoms with Gasteiger partial charge in [-0.15, -0.1) is 0 Å². The summed E-state index contributed by atoms with van der Waals surface area (Å²) in [4.78, 5) is 19.9. The number of benzene rings is 1. The lowest BCUT2D eigenvalue weighted by Gasteiger charge is -2.35. The molecule has 4 rings (SSSR count). The van der Waals surface area contributed by atoms with Crippen molar-refractivity contribution in [1.29, 1.82) is 0 Å². The SMILES string of the molecule is Cc1cccc(NC(=O)C2c3c(ncn3C)CCN2CC2CC2)c1. The molecule has 2 aromatic rings. The number of nitrogens with zero attached hydrogens (tertiary/aromatic N) is 3. The average Bonchev–Trinajstić information content (AvgIpc) is 3.29. The second-order valence-corrected chi connectivity index (χ2v) is 7.14. The Hall–Kier alpha value is -2.14. The molecule has 1 amide bonds. The van der Waals surface area contributed by atoms with Crippen LogP contribution in [-0.2, 0) is 18.3 Å². The van der Waals surface area contributed by atoms with E-state index in [4.69, 9.17) is 0 Å². The topological polar surface area (TPSA) is 50.2 Å². The molecule has 5 heteroatoms. The number of carbonyl (C=O) groups excluding carboxylic acids is 1. The third-order valence-electron chi connectivity index (χ3n) is 5.05. The van der Waals surface area contributed by atoms with Crippen molar-refractivity contribution in [2.45, 2.75) is 32.2 Å². The number of rotatable bonds is 4. The van der Waals surface area contributed by atoms with Crippen molar-refractivity contribution in [2.75, 3.05) is 18.4 Å². The van der Waals surface area contributed by atoms with Crippen LogP contribution in [0, 0.1) is 12.8 Å². The quantitative estimate of drug-likeness (QED) is 0.941. The molecular weight excluding hydrogens is 300 g/mol. The summed E-state index contributed by atoms with van der Waals surface area (Å²) in [5.41, 5.74) is 4.12. The zero-order valence-corrected chi connectivity index (χ0v) is 14.3. The van der Waals surface area contributed by atoms with E-state index in [1.54, 1.807) is 0 Å². The molecule has 1 saturated carbocycles. The van der Waals surface area contributed by atoms with Gasteiger partial charge < -0.3 is 9.88 Å². The Morgan fingerprint density at radius 3 is 2.96 bits per heavy atom. The predicted octanol–water partition coefficient (Wildman–Crippen LogP) is 2.68. The fraction of sp³-hybridized carbons (Fsp3) is 0.474. The number of anilines is 1.